The van der Waals surface area contributed by atoms with Crippen molar-refractivity contribution in [2.24, 2.45) is 35.5 Å². The topological polar surface area (TPSA) is 279 Å². The van der Waals surface area contributed by atoms with Crippen molar-refractivity contribution in [1.82, 2.24) is 60.0 Å². The molecule has 102 heavy (non-hydrogen) atoms. The molecule has 3 heterocycles. The second-order valence-corrected chi connectivity index (χ2v) is 31.7. The van der Waals surface area contributed by atoms with Crippen molar-refractivity contribution in [3.8, 4) is 0 Å². The third-order valence-electron chi connectivity index (χ3n) is 23.4. The van der Waals surface area contributed by atoms with Gasteiger partial charge < -0.3 is 64.8 Å². The van der Waals surface area contributed by atoms with Gasteiger partial charge >= 0.3 is 6.18 Å². The van der Waals surface area contributed by atoms with Gasteiger partial charge in [0.15, 0.2) is 0 Å². The minimum Gasteiger partial charge on any atom is -0.377 e. The second kappa shape index (κ2) is 37.1. The number of rotatable bonds is 13. The normalized spacial score (nSPS) is 30.3. The fourth-order valence-electron chi connectivity index (χ4n) is 16.5. The highest BCUT2D eigenvalue weighted by Gasteiger charge is 2.54. The lowest BCUT2D eigenvalue weighted by Gasteiger charge is -2.47. The van der Waals surface area contributed by atoms with Crippen LogP contribution in [0.5, 0.6) is 0 Å². The molecule has 4 saturated carbocycles. The molecule has 0 aromatic rings. The van der Waals surface area contributed by atoms with E-state index in [4.69, 9.17) is 16.3 Å². The summed E-state index contributed by atoms with van der Waals surface area (Å²) in [5.74, 6) is -10.9. The van der Waals surface area contributed by atoms with Gasteiger partial charge in [0.05, 0.1) is 38.1 Å². The number of likely N-dealkylation sites (tertiary alicyclic amines) is 1. The molecule has 3 aliphatic heterocycles. The van der Waals surface area contributed by atoms with E-state index in [0.717, 1.165) is 66.1 Å². The quantitative estimate of drug-likeness (QED) is 0.186. The molecule has 12 atom stereocenters. The van der Waals surface area contributed by atoms with Gasteiger partial charge in [0.1, 0.15) is 47.8 Å². The molecule has 3 saturated heterocycles. The Morgan fingerprint density at radius 2 is 1.23 bits per heavy atom. The van der Waals surface area contributed by atoms with Crippen LogP contribution in [0.1, 0.15) is 195 Å². The van der Waals surface area contributed by atoms with E-state index in [-0.39, 0.29) is 95.1 Å². The number of fused-ring (bicyclic) bond motifs is 1. The third kappa shape index (κ3) is 20.8. The third-order valence-corrected chi connectivity index (χ3v) is 23.8. The number of amides is 12. The minimum absolute atomic E-state index is 0.0183. The first-order valence-corrected chi connectivity index (χ1v) is 38.2. The molecule has 0 aromatic carbocycles. The smallest absolute Gasteiger partial charge is 0.377 e. The fourth-order valence-corrected chi connectivity index (χ4v) is 17.1. The zero-order valence-electron chi connectivity index (χ0n) is 62.6. The van der Waals surface area contributed by atoms with Gasteiger partial charge in [-0.3, -0.25) is 57.5 Å². The first kappa shape index (κ1) is 83.0. The lowest BCUT2D eigenvalue weighted by atomic mass is 9.74. The molecular weight excluding hydrogens is 1350 g/mol. The van der Waals surface area contributed by atoms with Crippen LogP contribution in [0.15, 0.2) is 0 Å². The van der Waals surface area contributed by atoms with E-state index in [1.54, 1.807) is 18.7 Å². The molecule has 7 aliphatic rings. The summed E-state index contributed by atoms with van der Waals surface area (Å²) in [5, 5.41) is 7.55. The van der Waals surface area contributed by atoms with Crippen molar-refractivity contribution in [2.75, 3.05) is 95.2 Å². The molecule has 0 aromatic heterocycles. The Morgan fingerprint density at radius 1 is 0.618 bits per heavy atom. The summed E-state index contributed by atoms with van der Waals surface area (Å²) in [7, 11) is 10.0. The van der Waals surface area contributed by atoms with Crippen LogP contribution >= 0.6 is 11.6 Å². The molecule has 7 fully saturated rings. The molecule has 576 valence electrons. The van der Waals surface area contributed by atoms with Crippen molar-refractivity contribution in [2.45, 2.75) is 261 Å². The van der Waals surface area contributed by atoms with Crippen molar-refractivity contribution in [3.05, 3.63) is 0 Å². The molecule has 12 amide bonds. The number of carbonyl (C=O) groups excluding carboxylic acids is 12. The highest BCUT2D eigenvalue weighted by atomic mass is 35.5. The van der Waals surface area contributed by atoms with Crippen LogP contribution in [0.4, 0.5) is 13.2 Å². The summed E-state index contributed by atoms with van der Waals surface area (Å²) in [6, 6.07) is -8.77. The van der Waals surface area contributed by atoms with E-state index in [9.17, 15) is 46.7 Å². The van der Waals surface area contributed by atoms with E-state index in [0.29, 0.717) is 51.6 Å². The predicted molar refractivity (Wildman–Crippen MR) is 376 cm³/mol. The highest BCUT2D eigenvalue weighted by molar-refractivity contribution is 6.21. The summed E-state index contributed by atoms with van der Waals surface area (Å²) >= 11 is 6.43. The number of hydrogen-bond donors (Lipinski definition) is 3. The molecule has 0 radical (unpaired) electrons. The predicted octanol–water partition coefficient (Wildman–Crippen LogP) is 5.72. The van der Waals surface area contributed by atoms with E-state index in [1.807, 2.05) is 20.8 Å². The zero-order valence-corrected chi connectivity index (χ0v) is 63.4. The van der Waals surface area contributed by atoms with Crippen molar-refractivity contribution in [1.29, 1.82) is 0 Å². The summed E-state index contributed by atoms with van der Waals surface area (Å²) in [4.78, 5) is 191. The average molecular weight is 1460 g/mol. The molecular formula is C73H118ClF3N12O13. The minimum atomic E-state index is -4.52. The van der Waals surface area contributed by atoms with Gasteiger partial charge in [-0.15, -0.1) is 11.6 Å². The number of ether oxygens (including phenoxy) is 1. The van der Waals surface area contributed by atoms with E-state index in [2.05, 4.69) is 16.0 Å². The van der Waals surface area contributed by atoms with E-state index < -0.39 is 180 Å². The standard InChI is InChI=1S/C73H118ClF3N12O13/c1-13-46(5)62-69(99)83(8)43-60(92)81(6)44-61(93)85(10)56(38-47-24-17-15-18-25-47)67(97)82(7)42-58(90)78-53(31-29-48-28-30-51(52(74)37-48)73(75,76)77)66(96)89-41-50(102-14-2)39-55(89)65(95)80-72(32-23-33-72)71(101)87(12)63(49-26-19-16-20-27-49)70(100)86(11)57(68(98)88-34-21-22-35-88)40-59(91)84(9)54(36-45(3)4)64(94)79-62/h45-57,62-63H,13-44H2,1-12H3,(H,78,90)(H,79,94)(H,80,95)/t46-,48?,50+,51?,52?,53-,54-,55-,56-,57-,62-,63-/m0/s1. The molecule has 1 spiro atoms. The molecule has 29 heteroatoms. The number of alkyl halides is 4. The van der Waals surface area contributed by atoms with Crippen molar-refractivity contribution < 1.29 is 75.4 Å². The number of nitrogens with zero attached hydrogens (tertiary/aromatic N) is 9. The molecule has 3 N–H and O–H groups in total. The Morgan fingerprint density at radius 3 is 1.80 bits per heavy atom. The van der Waals surface area contributed by atoms with Gasteiger partial charge in [-0.25, -0.2) is 0 Å². The van der Waals surface area contributed by atoms with Crippen LogP contribution < -0.4 is 16.0 Å². The number of nitrogens with one attached hydrogen (secondary N) is 3. The molecule has 25 nitrogen and oxygen atoms in total. The zero-order chi connectivity index (χ0) is 75.2. The number of carbonyl (C=O) groups is 12. The Bertz CT molecular complexity index is 2960. The maximum Gasteiger partial charge on any atom is 0.393 e. The van der Waals surface area contributed by atoms with Gasteiger partial charge in [-0.05, 0) is 126 Å². The largest absolute Gasteiger partial charge is 0.393 e. The summed E-state index contributed by atoms with van der Waals surface area (Å²) in [6.07, 6.45) is 4.91. The lowest BCUT2D eigenvalue weighted by molar-refractivity contribution is -0.182. The Hall–Kier alpha value is -6.32. The summed E-state index contributed by atoms with van der Waals surface area (Å²) < 4.78 is 48.3. The van der Waals surface area contributed by atoms with Gasteiger partial charge in [-0.1, -0.05) is 85.5 Å². The monoisotopic (exact) mass is 1460 g/mol. The van der Waals surface area contributed by atoms with Crippen LogP contribution in [0.25, 0.3) is 0 Å². The van der Waals surface area contributed by atoms with Gasteiger partial charge in [0, 0.05) is 87.4 Å². The first-order valence-electron chi connectivity index (χ1n) is 37.8. The van der Waals surface area contributed by atoms with Crippen LogP contribution in [-0.4, -0.2) is 276 Å². The van der Waals surface area contributed by atoms with Crippen molar-refractivity contribution >= 4 is 82.5 Å². The fraction of sp³-hybridized carbons (Fsp3) is 0.836. The second-order valence-electron chi connectivity index (χ2n) is 31.2. The SMILES string of the molecule is CCO[C@@H]1C[C@H]2C(=O)NC3(CCC3)C(=O)N(C)[C@@H](C3CCCCC3)C(=O)N(C)[C@H](C(=O)N3CCCC3)CC(=O)N(C)[C@@H](CC(C)C)C(=O)N[C@@H]([C@@H](C)CC)C(=O)N(C)CC(=O)N(C)CC(=O)N(C)[C@@H](CC3CCCCC3)C(=O)N(C)CC(=O)N[C@@H](CCC3CCC(C(F)(F)F)C(Cl)C3)C(=O)N2C1. The number of hydrogen-bond acceptors (Lipinski definition) is 13. The Kier molecular flexibility index (Phi) is 30.2. The molecule has 0 bridgehead atoms. The maximum atomic E-state index is 15.8. The van der Waals surface area contributed by atoms with Crippen LogP contribution in [0.2, 0.25) is 0 Å². The molecule has 3 unspecified atom stereocenters. The summed E-state index contributed by atoms with van der Waals surface area (Å²) in [5.41, 5.74) is -1.57. The highest BCUT2D eigenvalue weighted by Crippen LogP contribution is 2.44. The molecule has 7 rings (SSSR count). The van der Waals surface area contributed by atoms with Gasteiger partial charge in [-0.2, -0.15) is 13.2 Å². The van der Waals surface area contributed by atoms with Gasteiger partial charge in [0.2, 0.25) is 70.9 Å². The Balaban J connectivity index is 1.29. The van der Waals surface area contributed by atoms with E-state index >= 15 is 24.0 Å². The number of likely N-dealkylation sites (N-methyl/N-ethyl adjacent to an activating group) is 7. The van der Waals surface area contributed by atoms with Crippen LogP contribution in [0, 0.1) is 35.5 Å². The first-order chi connectivity index (χ1) is 48.1. The van der Waals surface area contributed by atoms with Crippen molar-refractivity contribution in [3.63, 3.8) is 0 Å². The van der Waals surface area contributed by atoms with Gasteiger partial charge in [0.25, 0.3) is 0 Å². The van der Waals surface area contributed by atoms with E-state index in [1.165, 1.54) is 73.8 Å². The van der Waals surface area contributed by atoms with Crippen LogP contribution in [-0.2, 0) is 62.3 Å². The number of halogens is 4. The summed E-state index contributed by atoms with van der Waals surface area (Å²) in [6.45, 7) is 8.26. The lowest BCUT2D eigenvalue weighted by Crippen LogP contribution is -2.68. The maximum absolute atomic E-state index is 15.8. The van der Waals surface area contributed by atoms with Crippen LogP contribution in [0.3, 0.4) is 0 Å². The Labute approximate surface area is 606 Å². The molecule has 4 aliphatic carbocycles. The average Bonchev–Trinajstić information content (AvgIpc) is 1.07.